The zero-order valence-corrected chi connectivity index (χ0v) is 24.1. The van der Waals surface area contributed by atoms with E-state index < -0.39 is 11.2 Å². The van der Waals surface area contributed by atoms with Crippen molar-refractivity contribution < 1.29 is 29.2 Å². The molecule has 0 aromatic carbocycles. The molecule has 0 aliphatic carbocycles. The van der Waals surface area contributed by atoms with E-state index in [1.165, 1.54) is 5.57 Å². The Bertz CT molecular complexity index is 813. The largest absolute Gasteiger partial charge is 0.388 e. The fourth-order valence-corrected chi connectivity index (χ4v) is 7.01. The van der Waals surface area contributed by atoms with Crippen molar-refractivity contribution in [1.29, 1.82) is 0 Å². The Kier molecular flexibility index (Phi) is 7.85. The summed E-state index contributed by atoms with van der Waals surface area (Å²) in [5.74, 6) is 0. The minimum absolute atomic E-state index is 0.0103. The zero-order chi connectivity index (χ0) is 26.6. The summed E-state index contributed by atoms with van der Waals surface area (Å²) in [4.78, 5) is 0. The summed E-state index contributed by atoms with van der Waals surface area (Å²) in [6.45, 7) is 16.3. The van der Waals surface area contributed by atoms with Crippen LogP contribution in [-0.2, 0) is 18.9 Å². The van der Waals surface area contributed by atoms with E-state index in [2.05, 4.69) is 40.7 Å². The standard InChI is InChI=1S/C30H52O6/c1-20(2)10-9-16-27(5,32)22-14-18-28(6,35-22)23-11-12-24(33-23)29(7)19-15-25(36-29)30(8)17-13-21(34-30)26(3,4)31/h10,21-25,31-32H,9,11-19H2,1-8H3/t21-,22+,23+,24-,25-,27+,28+,29-,30-/m0/s1. The Morgan fingerprint density at radius 2 is 1.25 bits per heavy atom. The predicted molar refractivity (Wildman–Crippen MR) is 141 cm³/mol. The maximum absolute atomic E-state index is 11.2. The summed E-state index contributed by atoms with van der Waals surface area (Å²) >= 11 is 0. The Morgan fingerprint density at radius 1 is 0.750 bits per heavy atom. The average molecular weight is 509 g/mol. The lowest BCUT2D eigenvalue weighted by atomic mass is 9.88. The second-order valence-corrected chi connectivity index (χ2v) is 13.9. The molecule has 208 valence electrons. The van der Waals surface area contributed by atoms with E-state index >= 15 is 0 Å². The van der Waals surface area contributed by atoms with Gasteiger partial charge in [0.15, 0.2) is 0 Å². The first-order valence-corrected chi connectivity index (χ1v) is 14.3. The molecule has 0 radical (unpaired) electrons. The topological polar surface area (TPSA) is 77.4 Å². The van der Waals surface area contributed by atoms with Gasteiger partial charge in [-0.1, -0.05) is 11.6 Å². The number of rotatable bonds is 8. The number of hydrogen-bond donors (Lipinski definition) is 2. The molecular weight excluding hydrogens is 456 g/mol. The lowest BCUT2D eigenvalue weighted by Crippen LogP contribution is -2.48. The van der Waals surface area contributed by atoms with E-state index in [1.54, 1.807) is 0 Å². The Labute approximate surface area is 219 Å². The Balaban J connectivity index is 1.33. The summed E-state index contributed by atoms with van der Waals surface area (Å²) in [6, 6.07) is 0. The molecule has 0 saturated carbocycles. The van der Waals surface area contributed by atoms with Gasteiger partial charge in [0.2, 0.25) is 0 Å². The van der Waals surface area contributed by atoms with Crippen molar-refractivity contribution in [3.63, 3.8) is 0 Å². The molecule has 6 heteroatoms. The van der Waals surface area contributed by atoms with Crippen molar-refractivity contribution >= 4 is 0 Å². The second kappa shape index (κ2) is 9.91. The minimum Gasteiger partial charge on any atom is -0.388 e. The van der Waals surface area contributed by atoms with Crippen LogP contribution < -0.4 is 0 Å². The van der Waals surface area contributed by atoms with Crippen LogP contribution in [0.15, 0.2) is 11.6 Å². The Morgan fingerprint density at radius 3 is 1.81 bits per heavy atom. The molecule has 4 fully saturated rings. The van der Waals surface area contributed by atoms with Gasteiger partial charge in [0.25, 0.3) is 0 Å². The molecule has 2 N–H and O–H groups in total. The summed E-state index contributed by atoms with van der Waals surface area (Å²) in [5.41, 5.74) is -1.49. The van der Waals surface area contributed by atoms with E-state index in [0.717, 1.165) is 57.8 Å². The van der Waals surface area contributed by atoms with E-state index in [9.17, 15) is 10.2 Å². The lowest BCUT2D eigenvalue weighted by molar-refractivity contribution is -0.209. The minimum atomic E-state index is -0.841. The van der Waals surface area contributed by atoms with E-state index in [1.807, 2.05) is 20.8 Å². The van der Waals surface area contributed by atoms with Crippen LogP contribution in [0.1, 0.15) is 120 Å². The third-order valence-electron chi connectivity index (χ3n) is 9.69. The predicted octanol–water partition coefficient (Wildman–Crippen LogP) is 5.62. The molecule has 6 nitrogen and oxygen atoms in total. The van der Waals surface area contributed by atoms with E-state index in [0.29, 0.717) is 6.42 Å². The fourth-order valence-electron chi connectivity index (χ4n) is 7.01. The van der Waals surface area contributed by atoms with Crippen LogP contribution in [0.2, 0.25) is 0 Å². The number of aliphatic hydroxyl groups is 2. The van der Waals surface area contributed by atoms with Crippen molar-refractivity contribution in [3.05, 3.63) is 11.6 Å². The van der Waals surface area contributed by atoms with Gasteiger partial charge in [-0.05, 0) is 120 Å². The molecule has 4 rings (SSSR count). The molecule has 4 aliphatic rings. The van der Waals surface area contributed by atoms with Gasteiger partial charge in [0.05, 0.1) is 58.5 Å². The lowest BCUT2D eigenvalue weighted by Gasteiger charge is -2.38. The van der Waals surface area contributed by atoms with Crippen LogP contribution in [0.3, 0.4) is 0 Å². The van der Waals surface area contributed by atoms with Crippen LogP contribution in [0.25, 0.3) is 0 Å². The molecule has 4 aliphatic heterocycles. The number of hydrogen-bond acceptors (Lipinski definition) is 6. The van der Waals surface area contributed by atoms with Gasteiger partial charge in [0.1, 0.15) is 0 Å². The molecule has 0 bridgehead atoms. The third-order valence-corrected chi connectivity index (χ3v) is 9.69. The van der Waals surface area contributed by atoms with Crippen LogP contribution in [0.5, 0.6) is 0 Å². The van der Waals surface area contributed by atoms with Gasteiger partial charge >= 0.3 is 0 Å². The Hall–Kier alpha value is -0.500. The van der Waals surface area contributed by atoms with Gasteiger partial charge in [-0.3, -0.25) is 0 Å². The highest BCUT2D eigenvalue weighted by Gasteiger charge is 2.57. The van der Waals surface area contributed by atoms with Gasteiger partial charge < -0.3 is 29.2 Å². The third kappa shape index (κ3) is 5.74. The molecule has 0 spiro atoms. The monoisotopic (exact) mass is 508 g/mol. The van der Waals surface area contributed by atoms with Gasteiger partial charge in [-0.15, -0.1) is 0 Å². The van der Waals surface area contributed by atoms with Gasteiger partial charge in [0, 0.05) is 0 Å². The molecule has 0 aromatic heterocycles. The second-order valence-electron chi connectivity index (χ2n) is 13.9. The van der Waals surface area contributed by atoms with Crippen molar-refractivity contribution in [2.45, 2.75) is 178 Å². The van der Waals surface area contributed by atoms with Crippen LogP contribution in [0, 0.1) is 0 Å². The van der Waals surface area contributed by atoms with Crippen molar-refractivity contribution in [3.8, 4) is 0 Å². The number of ether oxygens (including phenoxy) is 4. The van der Waals surface area contributed by atoms with Crippen LogP contribution in [0.4, 0.5) is 0 Å². The normalized spacial score (nSPS) is 45.2. The van der Waals surface area contributed by atoms with Crippen molar-refractivity contribution in [2.24, 2.45) is 0 Å². The first kappa shape index (κ1) is 28.5. The van der Waals surface area contributed by atoms with Crippen molar-refractivity contribution in [2.75, 3.05) is 0 Å². The van der Waals surface area contributed by atoms with Crippen LogP contribution >= 0.6 is 0 Å². The molecule has 0 aromatic rings. The van der Waals surface area contributed by atoms with Gasteiger partial charge in [-0.2, -0.15) is 0 Å². The summed E-state index contributed by atoms with van der Waals surface area (Å²) in [5, 5.41) is 21.6. The van der Waals surface area contributed by atoms with Crippen molar-refractivity contribution in [1.82, 2.24) is 0 Å². The smallest absolute Gasteiger partial charge is 0.0921 e. The SMILES string of the molecule is CC(C)=CCC[C@@](C)(O)[C@H]1CC[C@](C)([C@H]2CC[C@@H]([C@]3(C)CC[C@@H]([C@]4(C)CC[C@@H](C(C)(C)O)O4)O3)O2)O1. The average Bonchev–Trinajstić information content (AvgIpc) is 3.53. The molecule has 36 heavy (non-hydrogen) atoms. The summed E-state index contributed by atoms with van der Waals surface area (Å²) in [7, 11) is 0. The summed E-state index contributed by atoms with van der Waals surface area (Å²) < 4.78 is 26.4. The van der Waals surface area contributed by atoms with Gasteiger partial charge in [-0.25, -0.2) is 0 Å². The molecule has 4 heterocycles. The number of allylic oxidation sites excluding steroid dienone is 2. The maximum atomic E-state index is 11.2. The highest BCUT2D eigenvalue weighted by Crippen LogP contribution is 2.50. The molecule has 0 unspecified atom stereocenters. The first-order valence-electron chi connectivity index (χ1n) is 14.3. The molecule has 9 atom stereocenters. The maximum Gasteiger partial charge on any atom is 0.0921 e. The van der Waals surface area contributed by atoms with E-state index in [-0.39, 0.29) is 47.3 Å². The molecular formula is C30H52O6. The molecule has 0 amide bonds. The highest BCUT2D eigenvalue weighted by molar-refractivity contribution is 5.06. The van der Waals surface area contributed by atoms with Crippen LogP contribution in [-0.4, -0.2) is 68.7 Å². The zero-order valence-electron chi connectivity index (χ0n) is 24.1. The fraction of sp³-hybridized carbons (Fsp3) is 0.933. The molecule has 4 saturated heterocycles. The quantitative estimate of drug-likeness (QED) is 0.415. The first-order chi connectivity index (χ1) is 16.6. The van der Waals surface area contributed by atoms with E-state index in [4.69, 9.17) is 18.9 Å². The summed E-state index contributed by atoms with van der Waals surface area (Å²) in [6.07, 6.45) is 10.8. The highest BCUT2D eigenvalue weighted by atomic mass is 16.6.